The van der Waals surface area contributed by atoms with E-state index in [1.807, 2.05) is 19.1 Å². The molecule has 0 saturated heterocycles. The normalized spacial score (nSPS) is 17.1. The van der Waals surface area contributed by atoms with Gasteiger partial charge in [-0.15, -0.1) is 10.2 Å². The maximum atomic E-state index is 5.93. The largest absolute Gasteiger partial charge is 0.492 e. The Kier molecular flexibility index (Phi) is 4.71. The van der Waals surface area contributed by atoms with Gasteiger partial charge in [-0.3, -0.25) is 4.90 Å². The van der Waals surface area contributed by atoms with E-state index >= 15 is 0 Å². The van der Waals surface area contributed by atoms with Crippen LogP contribution in [0.1, 0.15) is 34.5 Å². The summed E-state index contributed by atoms with van der Waals surface area (Å²) in [5, 5.41) is 8.28. The molecule has 1 aliphatic rings. The van der Waals surface area contributed by atoms with Crippen LogP contribution < -0.4 is 4.74 Å². The number of aryl methyl sites for hydroxylation is 2. The van der Waals surface area contributed by atoms with Crippen LogP contribution in [0.25, 0.3) is 0 Å². The van der Waals surface area contributed by atoms with Crippen LogP contribution in [0, 0.1) is 13.8 Å². The first-order chi connectivity index (χ1) is 12.7. The molecule has 1 atom stereocenters. The van der Waals surface area contributed by atoms with Crippen molar-refractivity contribution in [3.8, 4) is 5.75 Å². The van der Waals surface area contributed by atoms with Crippen LogP contribution in [-0.2, 0) is 13.0 Å². The van der Waals surface area contributed by atoms with E-state index in [9.17, 15) is 0 Å². The van der Waals surface area contributed by atoms with E-state index in [0.717, 1.165) is 25.3 Å². The smallest absolute Gasteiger partial charge is 0.233 e. The molecule has 2 aromatic carbocycles. The maximum absolute atomic E-state index is 5.93. The van der Waals surface area contributed by atoms with Gasteiger partial charge in [0.1, 0.15) is 12.4 Å². The molecule has 134 valence electrons. The third-order valence-electron chi connectivity index (χ3n) is 4.84. The van der Waals surface area contributed by atoms with Gasteiger partial charge < -0.3 is 9.15 Å². The van der Waals surface area contributed by atoms with Crippen LogP contribution >= 0.6 is 0 Å². The molecule has 0 radical (unpaired) electrons. The lowest BCUT2D eigenvalue weighted by Gasteiger charge is -2.34. The van der Waals surface area contributed by atoms with E-state index in [1.54, 1.807) is 0 Å². The van der Waals surface area contributed by atoms with Crippen molar-refractivity contribution in [2.75, 3.05) is 13.2 Å². The molecule has 5 heteroatoms. The summed E-state index contributed by atoms with van der Waals surface area (Å²) in [5.74, 6) is 2.19. The Balaban J connectivity index is 1.48. The van der Waals surface area contributed by atoms with Crippen molar-refractivity contribution in [2.45, 2.75) is 32.9 Å². The van der Waals surface area contributed by atoms with E-state index in [1.165, 1.54) is 16.7 Å². The first-order valence-electron chi connectivity index (χ1n) is 8.99. The Bertz CT molecular complexity index is 873. The van der Waals surface area contributed by atoms with Crippen LogP contribution in [-0.4, -0.2) is 28.2 Å². The molecule has 4 rings (SSSR count). The minimum absolute atomic E-state index is 0.0905. The van der Waals surface area contributed by atoms with Gasteiger partial charge >= 0.3 is 0 Å². The van der Waals surface area contributed by atoms with Crippen molar-refractivity contribution in [2.24, 2.45) is 0 Å². The summed E-state index contributed by atoms with van der Waals surface area (Å²) in [4.78, 5) is 2.36. The fourth-order valence-electron chi connectivity index (χ4n) is 3.42. The summed E-state index contributed by atoms with van der Waals surface area (Å²) in [5.41, 5.74) is 3.94. The molecule has 0 amide bonds. The van der Waals surface area contributed by atoms with Gasteiger partial charge in [-0.1, -0.05) is 42.0 Å². The molecule has 0 fully saturated rings. The average molecular weight is 349 g/mol. The van der Waals surface area contributed by atoms with E-state index < -0.39 is 0 Å². The Labute approximate surface area is 153 Å². The summed E-state index contributed by atoms with van der Waals surface area (Å²) >= 11 is 0. The second-order valence-corrected chi connectivity index (χ2v) is 6.78. The van der Waals surface area contributed by atoms with Gasteiger partial charge in [-0.2, -0.15) is 0 Å². The first kappa shape index (κ1) is 16.8. The molecule has 0 N–H and O–H groups in total. The average Bonchev–Trinajstić information content (AvgIpc) is 3.09. The highest BCUT2D eigenvalue weighted by Gasteiger charge is 2.30. The standard InChI is InChI=1S/C21H23N3O2/c1-15-7-9-19(10-8-15)25-12-11-24-14-18-6-4-3-5-17(18)13-20(24)21-23-22-16(2)26-21/h3-10,20H,11-14H2,1-2H3. The molecule has 3 aromatic rings. The van der Waals surface area contributed by atoms with E-state index in [2.05, 4.69) is 58.4 Å². The maximum Gasteiger partial charge on any atom is 0.233 e. The molecule has 1 aliphatic heterocycles. The molecule has 5 nitrogen and oxygen atoms in total. The zero-order chi connectivity index (χ0) is 17.9. The third kappa shape index (κ3) is 3.63. The van der Waals surface area contributed by atoms with Crippen molar-refractivity contribution < 1.29 is 9.15 Å². The highest BCUT2D eigenvalue weighted by atomic mass is 16.5. The topological polar surface area (TPSA) is 51.4 Å². The lowest BCUT2D eigenvalue weighted by Crippen LogP contribution is -2.37. The second-order valence-electron chi connectivity index (χ2n) is 6.78. The van der Waals surface area contributed by atoms with E-state index in [4.69, 9.17) is 9.15 Å². The summed E-state index contributed by atoms with van der Waals surface area (Å²) in [6.07, 6.45) is 0.877. The van der Waals surface area contributed by atoms with Crippen LogP contribution in [0.4, 0.5) is 0 Å². The quantitative estimate of drug-likeness (QED) is 0.700. The SMILES string of the molecule is Cc1ccc(OCCN2Cc3ccccc3CC2c2nnc(C)o2)cc1. The Hall–Kier alpha value is -2.66. The van der Waals surface area contributed by atoms with Crippen LogP contribution in [0.2, 0.25) is 0 Å². The van der Waals surface area contributed by atoms with Crippen LogP contribution in [0.5, 0.6) is 5.75 Å². The molecule has 2 heterocycles. The molecular formula is C21H23N3O2. The van der Waals surface area contributed by atoms with Crippen LogP contribution in [0.3, 0.4) is 0 Å². The molecule has 1 aromatic heterocycles. The lowest BCUT2D eigenvalue weighted by molar-refractivity contribution is 0.121. The van der Waals surface area contributed by atoms with Crippen LogP contribution in [0.15, 0.2) is 52.9 Å². The second kappa shape index (κ2) is 7.30. The molecule has 0 saturated carbocycles. The Morgan fingerprint density at radius 3 is 2.54 bits per heavy atom. The minimum atomic E-state index is 0.0905. The monoisotopic (exact) mass is 349 g/mol. The number of rotatable bonds is 5. The van der Waals surface area contributed by atoms with Gasteiger partial charge in [0.2, 0.25) is 11.8 Å². The fraction of sp³-hybridized carbons (Fsp3) is 0.333. The van der Waals surface area contributed by atoms with Gasteiger partial charge in [0.15, 0.2) is 0 Å². The number of aromatic nitrogens is 2. The molecule has 0 aliphatic carbocycles. The van der Waals surface area contributed by atoms with Crippen molar-refractivity contribution in [1.82, 2.24) is 15.1 Å². The number of hydrogen-bond acceptors (Lipinski definition) is 5. The number of ether oxygens (including phenoxy) is 1. The Morgan fingerprint density at radius 2 is 1.81 bits per heavy atom. The predicted molar refractivity (Wildman–Crippen MR) is 99.0 cm³/mol. The highest BCUT2D eigenvalue weighted by molar-refractivity contribution is 5.31. The van der Waals surface area contributed by atoms with E-state index in [0.29, 0.717) is 18.4 Å². The van der Waals surface area contributed by atoms with Gasteiger partial charge in [0, 0.05) is 20.0 Å². The number of hydrogen-bond donors (Lipinski definition) is 0. The van der Waals surface area contributed by atoms with Crippen molar-refractivity contribution in [3.05, 3.63) is 77.0 Å². The number of fused-ring (bicyclic) bond motifs is 1. The van der Waals surface area contributed by atoms with E-state index in [-0.39, 0.29) is 6.04 Å². The van der Waals surface area contributed by atoms with Crippen molar-refractivity contribution in [3.63, 3.8) is 0 Å². The highest BCUT2D eigenvalue weighted by Crippen LogP contribution is 2.32. The molecule has 0 spiro atoms. The molecule has 26 heavy (non-hydrogen) atoms. The number of benzene rings is 2. The first-order valence-corrected chi connectivity index (χ1v) is 8.99. The van der Waals surface area contributed by atoms with Gasteiger partial charge in [-0.05, 0) is 36.6 Å². The predicted octanol–water partition coefficient (Wildman–Crippen LogP) is 3.86. The Morgan fingerprint density at radius 1 is 1.04 bits per heavy atom. The summed E-state index contributed by atoms with van der Waals surface area (Å²) in [7, 11) is 0. The zero-order valence-electron chi connectivity index (χ0n) is 15.2. The fourth-order valence-corrected chi connectivity index (χ4v) is 3.42. The summed E-state index contributed by atoms with van der Waals surface area (Å²) in [6.45, 7) is 6.19. The molecule has 1 unspecified atom stereocenters. The summed E-state index contributed by atoms with van der Waals surface area (Å²) < 4.78 is 11.7. The minimum Gasteiger partial charge on any atom is -0.492 e. The number of nitrogens with zero attached hydrogens (tertiary/aromatic N) is 3. The van der Waals surface area contributed by atoms with Crippen molar-refractivity contribution in [1.29, 1.82) is 0 Å². The lowest BCUT2D eigenvalue weighted by atomic mass is 9.94. The van der Waals surface area contributed by atoms with Gasteiger partial charge in [0.25, 0.3) is 0 Å². The molecule has 0 bridgehead atoms. The molecular weight excluding hydrogens is 326 g/mol. The van der Waals surface area contributed by atoms with Gasteiger partial charge in [0.05, 0.1) is 6.04 Å². The van der Waals surface area contributed by atoms with Crippen molar-refractivity contribution >= 4 is 0 Å². The zero-order valence-corrected chi connectivity index (χ0v) is 15.2. The van der Waals surface area contributed by atoms with Gasteiger partial charge in [-0.25, -0.2) is 0 Å². The summed E-state index contributed by atoms with van der Waals surface area (Å²) in [6, 6.07) is 16.8. The third-order valence-corrected chi connectivity index (χ3v) is 4.84.